The number of unbranched alkanes of at least 4 members (excludes halogenated alkanes) is 1. The van der Waals surface area contributed by atoms with Gasteiger partial charge in [-0.05, 0) is 13.3 Å². The molecule has 0 aromatic rings. The predicted octanol–water partition coefficient (Wildman–Crippen LogP) is 0.786. The van der Waals surface area contributed by atoms with Crippen LogP contribution in [-0.2, 0) is 9.78 Å². The summed E-state index contributed by atoms with van der Waals surface area (Å²) in [6, 6.07) is 0. The molecule has 0 heterocycles. The molecule has 0 atom stereocenters. The van der Waals surface area contributed by atoms with E-state index in [0.29, 0.717) is 6.61 Å². The average Bonchev–Trinajstić information content (AvgIpc) is 1.89. The first-order chi connectivity index (χ1) is 4.41. The summed E-state index contributed by atoms with van der Waals surface area (Å²) in [5.74, 6) is 0. The molecule has 0 spiro atoms. The second-order valence-corrected chi connectivity index (χ2v) is 1.94. The van der Waals surface area contributed by atoms with Crippen molar-refractivity contribution in [2.75, 3.05) is 13.2 Å². The Morgan fingerprint density at radius 2 is 2.00 bits per heavy atom. The average molecular weight is 130 g/mol. The molecule has 0 aliphatic carbocycles. The van der Waals surface area contributed by atoms with E-state index in [-0.39, 0.29) is 0 Å². The first kappa shape index (κ1) is 8.98. The molecular formula is C6H15BO2. The Morgan fingerprint density at radius 3 is 2.56 bits per heavy atom. The van der Waals surface area contributed by atoms with Crippen molar-refractivity contribution in [3.05, 3.63) is 0 Å². The highest BCUT2D eigenvalue weighted by Crippen LogP contribution is 1.92. The summed E-state index contributed by atoms with van der Waals surface area (Å²) in [4.78, 5) is 9.46. The van der Waals surface area contributed by atoms with Gasteiger partial charge in [0.15, 0.2) is 0 Å². The molecule has 0 N–H and O–H groups in total. The third kappa shape index (κ3) is 7.98. The van der Waals surface area contributed by atoms with Crippen LogP contribution in [0, 0.1) is 0 Å². The molecule has 0 unspecified atom stereocenters. The van der Waals surface area contributed by atoms with E-state index in [2.05, 4.69) is 12.7 Å². The van der Waals surface area contributed by atoms with Crippen LogP contribution in [0.1, 0.15) is 19.8 Å². The Morgan fingerprint density at radius 1 is 1.22 bits per heavy atom. The third-order valence-electron chi connectivity index (χ3n) is 1.03. The van der Waals surface area contributed by atoms with Crippen molar-refractivity contribution in [3.8, 4) is 0 Å². The van der Waals surface area contributed by atoms with Gasteiger partial charge in [-0.3, -0.25) is 0 Å². The molecule has 0 saturated carbocycles. The van der Waals surface area contributed by atoms with Crippen LogP contribution in [0.5, 0.6) is 0 Å². The summed E-state index contributed by atoms with van der Waals surface area (Å²) in [7, 11) is 2.17. The molecular weight excluding hydrogens is 115 g/mol. The molecule has 0 saturated heterocycles. The fourth-order valence-electron chi connectivity index (χ4n) is 0.553. The minimum atomic E-state index is 0.645. The van der Waals surface area contributed by atoms with Gasteiger partial charge in [-0.15, -0.1) is 0 Å². The first-order valence-corrected chi connectivity index (χ1v) is 3.66. The molecule has 0 radical (unpaired) electrons. The van der Waals surface area contributed by atoms with Gasteiger partial charge in [-0.2, -0.15) is 0 Å². The highest BCUT2D eigenvalue weighted by atomic mass is 17.2. The predicted molar refractivity (Wildman–Crippen MR) is 40.2 cm³/mol. The molecule has 0 aromatic heterocycles. The van der Waals surface area contributed by atoms with Crippen LogP contribution in [0.2, 0.25) is 6.32 Å². The molecule has 0 aromatic carbocycles. The maximum absolute atomic E-state index is 4.78. The highest BCUT2D eigenvalue weighted by Gasteiger charge is 1.85. The van der Waals surface area contributed by atoms with Crippen molar-refractivity contribution in [3.63, 3.8) is 0 Å². The lowest BCUT2D eigenvalue weighted by Crippen LogP contribution is -1.95. The van der Waals surface area contributed by atoms with Gasteiger partial charge in [0.1, 0.15) is 7.85 Å². The molecule has 0 rings (SSSR count). The zero-order valence-electron chi connectivity index (χ0n) is 6.35. The van der Waals surface area contributed by atoms with E-state index >= 15 is 0 Å². The quantitative estimate of drug-likeness (QED) is 0.229. The number of rotatable bonds is 6. The van der Waals surface area contributed by atoms with Crippen molar-refractivity contribution < 1.29 is 9.78 Å². The van der Waals surface area contributed by atoms with Crippen molar-refractivity contribution in [1.29, 1.82) is 0 Å². The second kappa shape index (κ2) is 7.98. The molecule has 0 amide bonds. The summed E-state index contributed by atoms with van der Waals surface area (Å²) >= 11 is 0. The highest BCUT2D eigenvalue weighted by molar-refractivity contribution is 6.08. The zero-order valence-corrected chi connectivity index (χ0v) is 6.35. The monoisotopic (exact) mass is 130 g/mol. The van der Waals surface area contributed by atoms with E-state index < -0.39 is 0 Å². The van der Waals surface area contributed by atoms with Crippen LogP contribution in [-0.4, -0.2) is 21.1 Å². The summed E-state index contributed by atoms with van der Waals surface area (Å²) in [5, 5.41) is 0. The van der Waals surface area contributed by atoms with E-state index in [1.807, 2.05) is 6.92 Å². The van der Waals surface area contributed by atoms with E-state index in [9.17, 15) is 0 Å². The number of hydrogen-bond donors (Lipinski definition) is 0. The molecule has 0 bridgehead atoms. The molecule has 2 nitrogen and oxygen atoms in total. The van der Waals surface area contributed by atoms with Crippen LogP contribution in [0.15, 0.2) is 0 Å². The van der Waals surface area contributed by atoms with Gasteiger partial charge < -0.3 is 0 Å². The van der Waals surface area contributed by atoms with Gasteiger partial charge in [-0.25, -0.2) is 9.78 Å². The summed E-state index contributed by atoms with van der Waals surface area (Å²) in [6.45, 7) is 3.30. The molecule has 0 aliphatic heterocycles. The van der Waals surface area contributed by atoms with Crippen LogP contribution in [0.3, 0.4) is 0 Å². The van der Waals surface area contributed by atoms with Gasteiger partial charge in [-0.1, -0.05) is 12.7 Å². The Bertz CT molecular complexity index is 44.3. The maximum atomic E-state index is 4.78. The van der Waals surface area contributed by atoms with Gasteiger partial charge in [0, 0.05) is 0 Å². The summed E-state index contributed by atoms with van der Waals surface area (Å²) in [5.41, 5.74) is 0. The Hall–Kier alpha value is -0.0151. The van der Waals surface area contributed by atoms with Crippen molar-refractivity contribution in [1.82, 2.24) is 0 Å². The minimum Gasteiger partial charge on any atom is -0.237 e. The topological polar surface area (TPSA) is 18.5 Å². The largest absolute Gasteiger partial charge is 0.237 e. The van der Waals surface area contributed by atoms with E-state index in [4.69, 9.17) is 4.89 Å². The van der Waals surface area contributed by atoms with Crippen LogP contribution >= 0.6 is 0 Å². The lowest BCUT2D eigenvalue weighted by Gasteiger charge is -1.98. The van der Waals surface area contributed by atoms with Gasteiger partial charge in [0.2, 0.25) is 0 Å². The Kier molecular flexibility index (Phi) is 7.97. The van der Waals surface area contributed by atoms with Gasteiger partial charge in [0.05, 0.1) is 13.2 Å². The Balaban J connectivity index is 2.60. The van der Waals surface area contributed by atoms with E-state index in [0.717, 1.165) is 13.0 Å². The molecule has 9 heavy (non-hydrogen) atoms. The smallest absolute Gasteiger partial charge is 0.101 e. The SMILES string of the molecule is BCCCCOOCC. The second-order valence-electron chi connectivity index (χ2n) is 1.94. The van der Waals surface area contributed by atoms with Crippen molar-refractivity contribution >= 4 is 7.85 Å². The first-order valence-electron chi connectivity index (χ1n) is 3.66. The Labute approximate surface area is 57.9 Å². The van der Waals surface area contributed by atoms with Crippen molar-refractivity contribution in [2.45, 2.75) is 26.1 Å². The van der Waals surface area contributed by atoms with Crippen LogP contribution in [0.25, 0.3) is 0 Å². The van der Waals surface area contributed by atoms with E-state index in [1.54, 1.807) is 0 Å². The molecule has 0 aliphatic rings. The molecule has 54 valence electrons. The van der Waals surface area contributed by atoms with Crippen LogP contribution in [0.4, 0.5) is 0 Å². The molecule has 3 heteroatoms. The van der Waals surface area contributed by atoms with Crippen LogP contribution < -0.4 is 0 Å². The van der Waals surface area contributed by atoms with Crippen molar-refractivity contribution in [2.24, 2.45) is 0 Å². The fraction of sp³-hybridized carbons (Fsp3) is 1.00. The lowest BCUT2D eigenvalue weighted by molar-refractivity contribution is -0.291. The normalized spacial score (nSPS) is 9.89. The fourth-order valence-corrected chi connectivity index (χ4v) is 0.553. The zero-order chi connectivity index (χ0) is 6.95. The lowest BCUT2D eigenvalue weighted by atomic mass is 10.0. The maximum Gasteiger partial charge on any atom is 0.101 e. The van der Waals surface area contributed by atoms with Gasteiger partial charge in [0.25, 0.3) is 0 Å². The molecule has 0 fully saturated rings. The minimum absolute atomic E-state index is 0.645. The summed E-state index contributed by atoms with van der Waals surface area (Å²) in [6.07, 6.45) is 3.57. The number of hydrogen-bond acceptors (Lipinski definition) is 2. The van der Waals surface area contributed by atoms with Gasteiger partial charge >= 0.3 is 0 Å². The third-order valence-corrected chi connectivity index (χ3v) is 1.03. The van der Waals surface area contributed by atoms with E-state index in [1.165, 1.54) is 12.7 Å². The summed E-state index contributed by atoms with van der Waals surface area (Å²) < 4.78 is 0. The standard InChI is InChI=1S/C6H15BO2/c1-2-8-9-6-4-3-5-7/h2-7H2,1H3.